The van der Waals surface area contributed by atoms with E-state index in [2.05, 4.69) is 48.5 Å². The molecule has 9 rings (SSSR count). The molecule has 0 saturated carbocycles. The normalized spacial score (nSPS) is 13.4. The molecule has 0 amide bonds. The summed E-state index contributed by atoms with van der Waals surface area (Å²) < 4.78 is 61.3. The fourth-order valence-electron chi connectivity index (χ4n) is 6.23. The summed E-state index contributed by atoms with van der Waals surface area (Å²) in [4.78, 5) is 1.99. The summed E-state index contributed by atoms with van der Waals surface area (Å²) in [5.41, 5.74) is 5.83. The van der Waals surface area contributed by atoms with Crippen LogP contribution < -0.4 is 4.90 Å². The molecule has 0 fully saturated rings. The topological polar surface area (TPSA) is 16.4 Å². The van der Waals surface area contributed by atoms with Gasteiger partial charge in [0.2, 0.25) is 0 Å². The second kappa shape index (κ2) is 10.5. The smallest absolute Gasteiger partial charge is 0.137 e. The van der Waals surface area contributed by atoms with Crippen molar-refractivity contribution in [3.05, 3.63) is 164 Å². The molecular weight excluding hydrogens is 567 g/mol. The van der Waals surface area contributed by atoms with Gasteiger partial charge in [-0.25, -0.2) is 0 Å². The Morgan fingerprint density at radius 3 is 2.07 bits per heavy atom. The predicted octanol–water partition coefficient (Wildman–Crippen LogP) is 12.8. The second-order valence-corrected chi connectivity index (χ2v) is 11.9. The molecule has 0 aliphatic heterocycles. The highest BCUT2D eigenvalue weighted by molar-refractivity contribution is 7.26. The second-order valence-electron chi connectivity index (χ2n) is 10.9. The lowest BCUT2D eigenvalue weighted by Gasteiger charge is -2.29. The zero-order valence-corrected chi connectivity index (χ0v) is 24.7. The average molecular weight is 600 g/mol. The van der Waals surface area contributed by atoms with Gasteiger partial charge in [0.05, 0.1) is 29.7 Å². The standard InChI is InChI=1S/C42H27NOS/c1-3-12-28(13-4-1)29-22-24-31(25-23-29)43(36-18-11-20-38-40(36)35-17-7-9-19-37(35)44-38)41-32(30-14-5-2-6-15-30)26-27-34-33-16-8-10-21-39(33)45-42(34)41/h1-27H/i7D,9D,11D,18D,19D,20D. The van der Waals surface area contributed by atoms with Crippen LogP contribution in [0.15, 0.2) is 168 Å². The Morgan fingerprint density at radius 1 is 0.533 bits per heavy atom. The third-order valence-electron chi connectivity index (χ3n) is 8.29. The summed E-state index contributed by atoms with van der Waals surface area (Å²) in [6.07, 6.45) is 0. The Kier molecular flexibility index (Phi) is 4.75. The van der Waals surface area contributed by atoms with Gasteiger partial charge in [0, 0.05) is 32.1 Å². The minimum absolute atomic E-state index is 0.0372. The maximum absolute atomic E-state index is 9.56. The molecule has 2 heterocycles. The quantitative estimate of drug-likeness (QED) is 0.196. The van der Waals surface area contributed by atoms with Gasteiger partial charge in [-0.05, 0) is 53.0 Å². The predicted molar refractivity (Wildman–Crippen MR) is 192 cm³/mol. The summed E-state index contributed by atoms with van der Waals surface area (Å²) in [7, 11) is 0. The van der Waals surface area contributed by atoms with Crippen LogP contribution in [0.4, 0.5) is 17.1 Å². The number of hydrogen-bond acceptors (Lipinski definition) is 3. The van der Waals surface area contributed by atoms with E-state index >= 15 is 0 Å². The van der Waals surface area contributed by atoms with Crippen LogP contribution >= 0.6 is 11.3 Å². The molecule has 7 aromatic carbocycles. The fraction of sp³-hybridized carbons (Fsp3) is 0. The van der Waals surface area contributed by atoms with Crippen molar-refractivity contribution in [2.24, 2.45) is 0 Å². The summed E-state index contributed by atoms with van der Waals surface area (Å²) in [5, 5.41) is 2.84. The van der Waals surface area contributed by atoms with Crippen LogP contribution in [-0.2, 0) is 0 Å². The molecule has 0 radical (unpaired) electrons. The Bertz CT molecular complexity index is 2810. The van der Waals surface area contributed by atoms with Gasteiger partial charge in [-0.2, -0.15) is 0 Å². The molecule has 2 aromatic heterocycles. The largest absolute Gasteiger partial charge is 0.456 e. The number of para-hydroxylation sites is 1. The lowest BCUT2D eigenvalue weighted by molar-refractivity contribution is 0.669. The molecule has 45 heavy (non-hydrogen) atoms. The van der Waals surface area contributed by atoms with Crippen LogP contribution in [0.5, 0.6) is 0 Å². The zero-order chi connectivity index (χ0) is 35.0. The number of fused-ring (bicyclic) bond motifs is 6. The van der Waals surface area contributed by atoms with Gasteiger partial charge in [0.1, 0.15) is 11.2 Å². The molecular formula is C42H27NOS. The van der Waals surface area contributed by atoms with E-state index in [0.29, 0.717) is 22.1 Å². The van der Waals surface area contributed by atoms with Crippen molar-refractivity contribution >= 4 is 70.5 Å². The number of benzene rings is 7. The van der Waals surface area contributed by atoms with E-state index in [1.54, 1.807) is 11.3 Å². The fourth-order valence-corrected chi connectivity index (χ4v) is 7.47. The number of hydrogen-bond donors (Lipinski definition) is 0. The van der Waals surface area contributed by atoms with Gasteiger partial charge < -0.3 is 9.32 Å². The van der Waals surface area contributed by atoms with Crippen molar-refractivity contribution < 1.29 is 12.6 Å². The SMILES string of the molecule is [2H]c1cc2c(oc3c([2H])c([2H])c([2H])c(N(c4ccc(-c5ccccc5)cc4)c4c(-c5ccccc5)ccc5c4sc4ccccc45)c32)c([2H])c1[2H]. The molecule has 0 N–H and O–H groups in total. The number of furan rings is 1. The molecule has 0 aliphatic rings. The maximum Gasteiger partial charge on any atom is 0.137 e. The molecule has 0 unspecified atom stereocenters. The first-order chi connectivity index (χ1) is 24.8. The van der Waals surface area contributed by atoms with Crippen molar-refractivity contribution in [1.29, 1.82) is 0 Å². The highest BCUT2D eigenvalue weighted by Gasteiger charge is 2.25. The van der Waals surface area contributed by atoms with E-state index in [1.165, 1.54) is 6.07 Å². The molecule has 0 aliphatic carbocycles. The van der Waals surface area contributed by atoms with E-state index in [-0.39, 0.29) is 47.4 Å². The highest BCUT2D eigenvalue weighted by Crippen LogP contribution is 2.51. The Balaban J connectivity index is 1.47. The third-order valence-corrected chi connectivity index (χ3v) is 9.48. The first-order valence-electron chi connectivity index (χ1n) is 17.7. The molecule has 2 nitrogen and oxygen atoms in total. The van der Waals surface area contributed by atoms with Gasteiger partial charge >= 0.3 is 0 Å². The monoisotopic (exact) mass is 599 g/mol. The van der Waals surface area contributed by atoms with E-state index in [0.717, 1.165) is 48.1 Å². The molecule has 3 heteroatoms. The van der Waals surface area contributed by atoms with Gasteiger partial charge in [-0.15, -0.1) is 11.3 Å². The molecule has 0 atom stereocenters. The van der Waals surface area contributed by atoms with Gasteiger partial charge in [-0.3, -0.25) is 0 Å². The van der Waals surface area contributed by atoms with Gasteiger partial charge in [-0.1, -0.05) is 127 Å². The van der Waals surface area contributed by atoms with Crippen molar-refractivity contribution in [3.8, 4) is 22.3 Å². The van der Waals surface area contributed by atoms with Crippen molar-refractivity contribution in [1.82, 2.24) is 0 Å². The van der Waals surface area contributed by atoms with Gasteiger partial charge in [0.25, 0.3) is 0 Å². The first-order valence-corrected chi connectivity index (χ1v) is 15.5. The van der Waals surface area contributed by atoms with E-state index in [1.807, 2.05) is 77.7 Å². The highest BCUT2D eigenvalue weighted by atomic mass is 32.1. The number of rotatable bonds is 5. The van der Waals surface area contributed by atoms with Crippen LogP contribution in [0.25, 0.3) is 64.4 Å². The summed E-state index contributed by atoms with van der Waals surface area (Å²) >= 11 is 1.65. The van der Waals surface area contributed by atoms with E-state index in [9.17, 15) is 1.37 Å². The van der Waals surface area contributed by atoms with Crippen LogP contribution in [0, 0.1) is 0 Å². The van der Waals surface area contributed by atoms with Crippen molar-refractivity contribution in [2.75, 3.05) is 4.90 Å². The molecule has 0 spiro atoms. The van der Waals surface area contributed by atoms with E-state index in [4.69, 9.17) is 11.3 Å². The number of thiophene rings is 1. The lowest BCUT2D eigenvalue weighted by atomic mass is 9.98. The summed E-state index contributed by atoms with van der Waals surface area (Å²) in [6, 6.07) is 40.7. The van der Waals surface area contributed by atoms with Crippen LogP contribution in [-0.4, -0.2) is 0 Å². The first kappa shape index (κ1) is 20.3. The lowest BCUT2D eigenvalue weighted by Crippen LogP contribution is -2.12. The third kappa shape index (κ3) is 4.24. The van der Waals surface area contributed by atoms with E-state index < -0.39 is 0 Å². The summed E-state index contributed by atoms with van der Waals surface area (Å²) in [5.74, 6) is 0. The van der Waals surface area contributed by atoms with Crippen LogP contribution in [0.3, 0.4) is 0 Å². The Hall–Kier alpha value is -5.64. The number of anilines is 3. The Labute approximate surface area is 273 Å². The molecule has 0 bridgehead atoms. The average Bonchev–Trinajstić information content (AvgIpc) is 3.74. The van der Waals surface area contributed by atoms with Gasteiger partial charge in [0.15, 0.2) is 0 Å². The molecule has 9 aromatic rings. The minimum atomic E-state index is -0.323. The van der Waals surface area contributed by atoms with Crippen LogP contribution in [0.1, 0.15) is 8.22 Å². The number of nitrogens with zero attached hydrogens (tertiary/aromatic N) is 1. The zero-order valence-electron chi connectivity index (χ0n) is 29.9. The Morgan fingerprint density at radius 2 is 1.24 bits per heavy atom. The van der Waals surface area contributed by atoms with Crippen molar-refractivity contribution in [3.63, 3.8) is 0 Å². The molecule has 212 valence electrons. The van der Waals surface area contributed by atoms with Crippen LogP contribution in [0.2, 0.25) is 0 Å². The molecule has 0 saturated heterocycles. The minimum Gasteiger partial charge on any atom is -0.456 e. The summed E-state index contributed by atoms with van der Waals surface area (Å²) in [6.45, 7) is 0. The van der Waals surface area contributed by atoms with Crippen molar-refractivity contribution in [2.45, 2.75) is 0 Å². The maximum atomic E-state index is 9.56.